The fraction of sp³-hybridized carbons (Fsp3) is 0.300. The Kier molecular flexibility index (Phi) is 6.17. The van der Waals surface area contributed by atoms with Crippen LogP contribution >= 0.6 is 0 Å². The zero-order chi connectivity index (χ0) is 18.4. The maximum atomic E-state index is 12.1. The van der Waals surface area contributed by atoms with Gasteiger partial charge in [-0.1, -0.05) is 44.2 Å². The van der Waals surface area contributed by atoms with E-state index in [1.165, 1.54) is 13.2 Å². The van der Waals surface area contributed by atoms with E-state index in [-0.39, 0.29) is 17.0 Å². The van der Waals surface area contributed by atoms with Crippen molar-refractivity contribution < 1.29 is 24.2 Å². The predicted molar refractivity (Wildman–Crippen MR) is 94.1 cm³/mol. The van der Waals surface area contributed by atoms with Gasteiger partial charge in [0, 0.05) is 0 Å². The minimum Gasteiger partial charge on any atom is -0.489 e. The number of rotatable bonds is 7. The Morgan fingerprint density at radius 1 is 1.12 bits per heavy atom. The van der Waals surface area contributed by atoms with E-state index in [9.17, 15) is 14.7 Å². The number of methoxy groups -OCH3 is 1. The van der Waals surface area contributed by atoms with Gasteiger partial charge in [-0.3, -0.25) is 0 Å². The van der Waals surface area contributed by atoms with Crippen LogP contribution in [-0.4, -0.2) is 24.2 Å². The third-order valence-corrected chi connectivity index (χ3v) is 3.69. The first-order valence-corrected chi connectivity index (χ1v) is 8.07. The van der Waals surface area contributed by atoms with Gasteiger partial charge >= 0.3 is 11.9 Å². The normalized spacial score (nSPS) is 10.6. The van der Waals surface area contributed by atoms with Crippen molar-refractivity contribution in [2.24, 2.45) is 5.92 Å². The predicted octanol–water partition coefficient (Wildman–Crippen LogP) is 3.95. The lowest BCUT2D eigenvalue weighted by atomic mass is 9.93. The number of hydrogen-bond acceptors (Lipinski definition) is 4. The van der Waals surface area contributed by atoms with Crippen LogP contribution in [0.3, 0.4) is 0 Å². The van der Waals surface area contributed by atoms with Gasteiger partial charge < -0.3 is 14.6 Å². The van der Waals surface area contributed by atoms with Crippen molar-refractivity contribution in [2.75, 3.05) is 7.11 Å². The van der Waals surface area contributed by atoms with Crippen LogP contribution in [0.15, 0.2) is 42.5 Å². The minimum atomic E-state index is -1.18. The fourth-order valence-electron chi connectivity index (χ4n) is 2.61. The highest BCUT2D eigenvalue weighted by Crippen LogP contribution is 2.27. The molecule has 5 nitrogen and oxygen atoms in total. The van der Waals surface area contributed by atoms with Gasteiger partial charge in [0.1, 0.15) is 12.4 Å². The molecule has 0 heterocycles. The van der Waals surface area contributed by atoms with Gasteiger partial charge in [-0.25, -0.2) is 9.59 Å². The quantitative estimate of drug-likeness (QED) is 0.771. The number of benzene rings is 2. The zero-order valence-corrected chi connectivity index (χ0v) is 14.6. The number of carbonyl (C=O) groups is 2. The van der Waals surface area contributed by atoms with Gasteiger partial charge in [0.2, 0.25) is 0 Å². The van der Waals surface area contributed by atoms with E-state index in [2.05, 4.69) is 0 Å². The largest absolute Gasteiger partial charge is 0.489 e. The van der Waals surface area contributed by atoms with E-state index >= 15 is 0 Å². The van der Waals surface area contributed by atoms with Crippen LogP contribution in [0, 0.1) is 5.92 Å². The molecule has 0 atom stereocenters. The van der Waals surface area contributed by atoms with E-state index < -0.39 is 11.9 Å². The average Bonchev–Trinajstić information content (AvgIpc) is 2.59. The molecule has 0 saturated heterocycles. The molecule has 0 bridgehead atoms. The molecule has 1 N–H and O–H groups in total. The molecule has 2 aromatic rings. The fourth-order valence-corrected chi connectivity index (χ4v) is 2.61. The Balaban J connectivity index is 2.42. The van der Waals surface area contributed by atoms with E-state index in [0.29, 0.717) is 24.3 Å². The highest BCUT2D eigenvalue weighted by molar-refractivity contribution is 6.04. The van der Waals surface area contributed by atoms with Gasteiger partial charge in [-0.05, 0) is 35.6 Å². The number of carboxylic acid groups (broad SMARTS) is 1. The number of aromatic carboxylic acids is 1. The summed E-state index contributed by atoms with van der Waals surface area (Å²) in [4.78, 5) is 23.7. The summed E-state index contributed by atoms with van der Waals surface area (Å²) in [7, 11) is 1.24. The lowest BCUT2D eigenvalue weighted by molar-refractivity contribution is 0.0581. The summed E-state index contributed by atoms with van der Waals surface area (Å²) in [6, 6.07) is 12.7. The van der Waals surface area contributed by atoms with Crippen molar-refractivity contribution in [3.05, 3.63) is 64.7 Å². The SMILES string of the molecule is COC(=O)c1c(CC(C)C)cc(OCc2ccccc2)cc1C(=O)O. The lowest BCUT2D eigenvalue weighted by Gasteiger charge is -2.16. The van der Waals surface area contributed by atoms with Gasteiger partial charge in [-0.2, -0.15) is 0 Å². The summed E-state index contributed by atoms with van der Waals surface area (Å²) in [6.45, 7) is 4.32. The van der Waals surface area contributed by atoms with Crippen molar-refractivity contribution in [1.82, 2.24) is 0 Å². The van der Waals surface area contributed by atoms with Gasteiger partial charge in [0.15, 0.2) is 0 Å². The molecule has 0 amide bonds. The zero-order valence-electron chi connectivity index (χ0n) is 14.6. The van der Waals surface area contributed by atoms with Crippen molar-refractivity contribution in [3.63, 3.8) is 0 Å². The van der Waals surface area contributed by atoms with Crippen molar-refractivity contribution in [3.8, 4) is 5.75 Å². The summed E-state index contributed by atoms with van der Waals surface area (Å²) in [6.07, 6.45) is 0.549. The average molecular weight is 342 g/mol. The molecule has 132 valence electrons. The second-order valence-electron chi connectivity index (χ2n) is 6.17. The van der Waals surface area contributed by atoms with Crippen molar-refractivity contribution in [2.45, 2.75) is 26.9 Å². The summed E-state index contributed by atoms with van der Waals surface area (Å²) in [5, 5.41) is 9.51. The van der Waals surface area contributed by atoms with E-state index in [4.69, 9.17) is 9.47 Å². The molecular weight excluding hydrogens is 320 g/mol. The summed E-state index contributed by atoms with van der Waals surface area (Å²) >= 11 is 0. The monoisotopic (exact) mass is 342 g/mol. The van der Waals surface area contributed by atoms with Crippen LogP contribution in [0.2, 0.25) is 0 Å². The van der Waals surface area contributed by atoms with Gasteiger partial charge in [0.05, 0.1) is 18.2 Å². The molecule has 0 aromatic heterocycles. The number of carboxylic acids is 1. The Morgan fingerprint density at radius 2 is 1.80 bits per heavy atom. The highest BCUT2D eigenvalue weighted by Gasteiger charge is 2.23. The van der Waals surface area contributed by atoms with Gasteiger partial charge in [0.25, 0.3) is 0 Å². The molecular formula is C20H22O5. The first-order chi connectivity index (χ1) is 11.9. The molecule has 0 fully saturated rings. The van der Waals surface area contributed by atoms with Crippen LogP contribution < -0.4 is 4.74 Å². The smallest absolute Gasteiger partial charge is 0.339 e. The molecule has 0 saturated carbocycles. The summed E-state index contributed by atoms with van der Waals surface area (Å²) < 4.78 is 10.5. The maximum absolute atomic E-state index is 12.1. The summed E-state index contributed by atoms with van der Waals surface area (Å²) in [5.74, 6) is -1.17. The molecule has 2 rings (SSSR count). The molecule has 0 unspecified atom stereocenters. The standard InChI is InChI=1S/C20H22O5/c1-13(2)9-15-10-16(25-12-14-7-5-4-6-8-14)11-17(19(21)22)18(15)20(23)24-3/h4-8,10-11,13H,9,12H2,1-3H3,(H,21,22). The van der Waals surface area contributed by atoms with Crippen LogP contribution in [0.5, 0.6) is 5.75 Å². The van der Waals surface area contributed by atoms with E-state index in [1.807, 2.05) is 44.2 Å². The molecule has 0 aliphatic carbocycles. The number of carbonyl (C=O) groups excluding carboxylic acids is 1. The van der Waals surface area contributed by atoms with Crippen LogP contribution in [0.1, 0.15) is 45.7 Å². The van der Waals surface area contributed by atoms with Crippen LogP contribution in [0.4, 0.5) is 0 Å². The van der Waals surface area contributed by atoms with Gasteiger partial charge in [-0.15, -0.1) is 0 Å². The summed E-state index contributed by atoms with van der Waals surface area (Å²) in [5.41, 5.74) is 1.58. The third kappa shape index (κ3) is 4.83. The van der Waals surface area contributed by atoms with Crippen LogP contribution in [-0.2, 0) is 17.8 Å². The molecule has 0 radical (unpaired) electrons. The molecule has 25 heavy (non-hydrogen) atoms. The Morgan fingerprint density at radius 3 is 2.36 bits per heavy atom. The first kappa shape index (κ1) is 18.5. The third-order valence-electron chi connectivity index (χ3n) is 3.69. The molecule has 0 spiro atoms. The molecule has 5 heteroatoms. The van der Waals surface area contributed by atoms with Crippen molar-refractivity contribution in [1.29, 1.82) is 0 Å². The second kappa shape index (κ2) is 8.33. The molecule has 2 aromatic carbocycles. The lowest BCUT2D eigenvalue weighted by Crippen LogP contribution is -2.15. The Hall–Kier alpha value is -2.82. The minimum absolute atomic E-state index is 0.0933. The number of hydrogen-bond donors (Lipinski definition) is 1. The first-order valence-electron chi connectivity index (χ1n) is 8.07. The number of ether oxygens (including phenoxy) is 2. The number of esters is 1. The Bertz CT molecular complexity index is 750. The molecule has 0 aliphatic rings. The highest BCUT2D eigenvalue weighted by atomic mass is 16.5. The Labute approximate surface area is 147 Å². The van der Waals surface area contributed by atoms with Crippen LogP contribution in [0.25, 0.3) is 0 Å². The second-order valence-corrected chi connectivity index (χ2v) is 6.17. The maximum Gasteiger partial charge on any atom is 0.339 e. The van der Waals surface area contributed by atoms with E-state index in [0.717, 1.165) is 5.56 Å². The molecule has 0 aliphatic heterocycles. The van der Waals surface area contributed by atoms with Crippen molar-refractivity contribution >= 4 is 11.9 Å². The van der Waals surface area contributed by atoms with E-state index in [1.54, 1.807) is 6.07 Å². The topological polar surface area (TPSA) is 72.8 Å².